The molecule has 0 aliphatic carbocycles. The van der Waals surface area contributed by atoms with E-state index >= 15 is 0 Å². The van der Waals surface area contributed by atoms with Crippen molar-refractivity contribution in [2.75, 3.05) is 23.0 Å². The number of nitrogens with zero attached hydrogens (tertiary/aromatic N) is 4. The minimum Gasteiger partial charge on any atom is -0.403 e. The van der Waals surface area contributed by atoms with Gasteiger partial charge in [0, 0.05) is 30.8 Å². The largest absolute Gasteiger partial charge is 0.403 e. The zero-order valence-electron chi connectivity index (χ0n) is 15.6. The standard InChI is InChI=1S/C20H19ClFN7/c1-25-11-14(10-23)27-20-26-12-16(21)19(28-20)29(15-5-3-2-4-6-15)18-9-13(24)7-8-17(18)22/h2-12H,23-24H2,1H3,(H,26,27,28). The maximum atomic E-state index is 14.7. The third-order valence-corrected chi connectivity index (χ3v) is 4.13. The number of aromatic nitrogens is 2. The molecule has 0 aliphatic heterocycles. The van der Waals surface area contributed by atoms with Gasteiger partial charge in [-0.15, -0.1) is 0 Å². The Morgan fingerprint density at radius 3 is 2.69 bits per heavy atom. The van der Waals surface area contributed by atoms with Crippen LogP contribution in [0.2, 0.25) is 5.02 Å². The lowest BCUT2D eigenvalue weighted by Gasteiger charge is -2.26. The Bertz CT molecular complexity index is 1050. The third kappa shape index (κ3) is 4.61. The molecule has 0 aliphatic rings. The molecule has 0 bridgehead atoms. The summed E-state index contributed by atoms with van der Waals surface area (Å²) in [6.45, 7) is 0. The number of nitrogens with two attached hydrogens (primary N) is 2. The van der Waals surface area contributed by atoms with Crippen molar-refractivity contribution in [3.8, 4) is 0 Å². The summed E-state index contributed by atoms with van der Waals surface area (Å²) < 4.78 is 14.7. The molecule has 3 aromatic rings. The first kappa shape index (κ1) is 20.1. The van der Waals surface area contributed by atoms with Gasteiger partial charge in [0.1, 0.15) is 10.8 Å². The third-order valence-electron chi connectivity index (χ3n) is 3.87. The van der Waals surface area contributed by atoms with E-state index in [0.29, 0.717) is 17.1 Å². The van der Waals surface area contributed by atoms with Crippen molar-refractivity contribution < 1.29 is 4.39 Å². The van der Waals surface area contributed by atoms with Crippen molar-refractivity contribution in [3.05, 3.63) is 77.5 Å². The molecule has 0 amide bonds. The van der Waals surface area contributed by atoms with Crippen LogP contribution in [0.5, 0.6) is 0 Å². The number of hydrogen-bond acceptors (Lipinski definition) is 7. The summed E-state index contributed by atoms with van der Waals surface area (Å²) in [7, 11) is 1.61. The van der Waals surface area contributed by atoms with Crippen LogP contribution in [-0.4, -0.2) is 23.2 Å². The van der Waals surface area contributed by atoms with Gasteiger partial charge in [0.2, 0.25) is 5.95 Å². The molecule has 0 radical (unpaired) electrons. The van der Waals surface area contributed by atoms with E-state index in [-0.39, 0.29) is 22.5 Å². The highest BCUT2D eigenvalue weighted by molar-refractivity contribution is 6.33. The SMILES string of the molecule is CN=CC(=CN)Nc1ncc(Cl)c(N(c2ccccc2)c2cc(N)ccc2F)n1. The number of nitrogens with one attached hydrogen (secondary N) is 1. The van der Waals surface area contributed by atoms with E-state index < -0.39 is 5.82 Å². The lowest BCUT2D eigenvalue weighted by molar-refractivity contribution is 0.628. The van der Waals surface area contributed by atoms with Crippen LogP contribution in [0.1, 0.15) is 0 Å². The number of hydrogen-bond donors (Lipinski definition) is 3. The minimum absolute atomic E-state index is 0.201. The van der Waals surface area contributed by atoms with Crippen molar-refractivity contribution in [2.24, 2.45) is 10.7 Å². The molecule has 1 heterocycles. The molecule has 0 atom stereocenters. The molecule has 1 aromatic heterocycles. The summed E-state index contributed by atoms with van der Waals surface area (Å²) in [5.41, 5.74) is 13.2. The highest BCUT2D eigenvalue weighted by Crippen LogP contribution is 2.39. The zero-order chi connectivity index (χ0) is 20.8. The molecule has 2 aromatic carbocycles. The molecular formula is C20H19ClFN7. The minimum atomic E-state index is -0.479. The quantitative estimate of drug-likeness (QED) is 0.414. The lowest BCUT2D eigenvalue weighted by atomic mass is 10.2. The Labute approximate surface area is 172 Å². The van der Waals surface area contributed by atoms with Gasteiger partial charge in [-0.1, -0.05) is 29.8 Å². The van der Waals surface area contributed by atoms with Crippen molar-refractivity contribution in [3.63, 3.8) is 0 Å². The molecule has 3 rings (SSSR count). The van der Waals surface area contributed by atoms with Crippen molar-refractivity contribution >= 4 is 46.6 Å². The average Bonchev–Trinajstić information content (AvgIpc) is 2.73. The summed E-state index contributed by atoms with van der Waals surface area (Å²) in [5, 5.41) is 3.17. The van der Waals surface area contributed by atoms with E-state index in [0.717, 1.165) is 0 Å². The van der Waals surface area contributed by atoms with Crippen LogP contribution in [0.4, 0.5) is 33.2 Å². The maximum absolute atomic E-state index is 14.7. The summed E-state index contributed by atoms with van der Waals surface area (Å²) in [5.74, 6) is 0.00354. The van der Waals surface area contributed by atoms with Crippen LogP contribution in [-0.2, 0) is 0 Å². The molecule has 0 fully saturated rings. The molecule has 0 saturated heterocycles. The van der Waals surface area contributed by atoms with Crippen molar-refractivity contribution in [2.45, 2.75) is 0 Å². The second-order valence-electron chi connectivity index (χ2n) is 5.88. The van der Waals surface area contributed by atoms with Crippen LogP contribution < -0.4 is 21.7 Å². The molecule has 7 nitrogen and oxygen atoms in total. The summed E-state index contributed by atoms with van der Waals surface area (Å²) in [6, 6.07) is 13.4. The fraction of sp³-hybridized carbons (Fsp3) is 0.0500. The van der Waals surface area contributed by atoms with E-state index in [4.69, 9.17) is 23.1 Å². The molecular weight excluding hydrogens is 393 g/mol. The Hall–Kier alpha value is -3.65. The van der Waals surface area contributed by atoms with Crippen LogP contribution in [0.25, 0.3) is 0 Å². The first-order valence-electron chi connectivity index (χ1n) is 8.57. The number of para-hydroxylation sites is 1. The van der Waals surface area contributed by atoms with Crippen molar-refractivity contribution in [1.29, 1.82) is 0 Å². The Balaban J connectivity index is 2.16. The Morgan fingerprint density at radius 2 is 2.00 bits per heavy atom. The summed E-state index contributed by atoms with van der Waals surface area (Å²) in [4.78, 5) is 14.1. The van der Waals surface area contributed by atoms with E-state index in [2.05, 4.69) is 20.3 Å². The molecule has 9 heteroatoms. The van der Waals surface area contributed by atoms with E-state index in [1.165, 1.54) is 36.8 Å². The molecule has 148 valence electrons. The van der Waals surface area contributed by atoms with Gasteiger partial charge < -0.3 is 16.8 Å². The number of nitrogen functional groups attached to an aromatic ring is 1. The van der Waals surface area contributed by atoms with E-state index in [1.807, 2.05) is 30.3 Å². The topological polar surface area (TPSA) is 105 Å². The molecule has 0 spiro atoms. The predicted octanol–water partition coefficient (Wildman–Crippen LogP) is 4.23. The fourth-order valence-corrected chi connectivity index (χ4v) is 2.79. The van der Waals surface area contributed by atoms with Gasteiger partial charge in [-0.3, -0.25) is 9.89 Å². The van der Waals surface area contributed by atoms with Gasteiger partial charge in [-0.25, -0.2) is 9.37 Å². The second kappa shape index (κ2) is 9.03. The normalized spacial score (nSPS) is 11.6. The number of benzene rings is 2. The first-order valence-corrected chi connectivity index (χ1v) is 8.95. The number of aliphatic imine (C=N–C) groups is 1. The van der Waals surface area contributed by atoms with Gasteiger partial charge in [0.25, 0.3) is 0 Å². The first-order chi connectivity index (χ1) is 14.0. The average molecular weight is 412 g/mol. The fourth-order valence-electron chi connectivity index (χ4n) is 2.61. The summed E-state index contributed by atoms with van der Waals surface area (Å²) in [6.07, 6.45) is 4.27. The van der Waals surface area contributed by atoms with Gasteiger partial charge in [0.05, 0.1) is 17.6 Å². The lowest BCUT2D eigenvalue weighted by Crippen LogP contribution is -2.16. The van der Waals surface area contributed by atoms with Crippen LogP contribution in [0.3, 0.4) is 0 Å². The van der Waals surface area contributed by atoms with Crippen LogP contribution in [0, 0.1) is 5.82 Å². The smallest absolute Gasteiger partial charge is 0.229 e. The number of rotatable bonds is 6. The Morgan fingerprint density at radius 1 is 1.24 bits per heavy atom. The number of halogens is 2. The number of allylic oxidation sites excluding steroid dienone is 1. The number of anilines is 5. The Kier molecular flexibility index (Phi) is 6.25. The summed E-state index contributed by atoms with van der Waals surface area (Å²) >= 11 is 6.40. The van der Waals surface area contributed by atoms with Gasteiger partial charge in [-0.05, 0) is 30.3 Å². The molecule has 0 unspecified atom stereocenters. The van der Waals surface area contributed by atoms with E-state index in [1.54, 1.807) is 11.9 Å². The second-order valence-corrected chi connectivity index (χ2v) is 6.29. The maximum Gasteiger partial charge on any atom is 0.229 e. The van der Waals surface area contributed by atoms with Crippen molar-refractivity contribution in [1.82, 2.24) is 9.97 Å². The van der Waals surface area contributed by atoms with Gasteiger partial charge >= 0.3 is 0 Å². The van der Waals surface area contributed by atoms with Gasteiger partial charge in [-0.2, -0.15) is 4.98 Å². The molecule has 5 N–H and O–H groups in total. The monoisotopic (exact) mass is 411 g/mol. The highest BCUT2D eigenvalue weighted by atomic mass is 35.5. The zero-order valence-corrected chi connectivity index (χ0v) is 16.3. The van der Waals surface area contributed by atoms with Crippen LogP contribution >= 0.6 is 11.6 Å². The highest BCUT2D eigenvalue weighted by Gasteiger charge is 2.21. The predicted molar refractivity (Wildman–Crippen MR) is 116 cm³/mol. The van der Waals surface area contributed by atoms with Gasteiger partial charge in [0.15, 0.2) is 5.82 Å². The molecule has 0 saturated carbocycles. The molecule has 29 heavy (non-hydrogen) atoms. The van der Waals surface area contributed by atoms with E-state index in [9.17, 15) is 4.39 Å². The van der Waals surface area contributed by atoms with Crippen LogP contribution in [0.15, 0.2) is 71.6 Å².